The van der Waals surface area contributed by atoms with Crippen LogP contribution in [0.25, 0.3) is 0 Å². The number of carbonyl (C=O) groups excluding carboxylic acids is 1. The summed E-state index contributed by atoms with van der Waals surface area (Å²) in [5.74, 6) is -1.42. The van der Waals surface area contributed by atoms with Gasteiger partial charge >= 0.3 is 12.4 Å². The molecule has 3 aromatic rings. The minimum Gasteiger partial charge on any atom is -0.490 e. The van der Waals surface area contributed by atoms with Crippen LogP contribution in [0, 0.1) is 12.7 Å². The molecule has 15 heteroatoms. The van der Waals surface area contributed by atoms with Crippen LogP contribution in [0.5, 0.6) is 5.75 Å². The van der Waals surface area contributed by atoms with Gasteiger partial charge in [-0.05, 0) is 43.6 Å². The normalized spacial score (nSPS) is 12.0. The highest BCUT2D eigenvalue weighted by molar-refractivity contribution is 7.06. The van der Waals surface area contributed by atoms with Gasteiger partial charge in [-0.1, -0.05) is 0 Å². The number of carbonyl (C=O) groups is 1. The summed E-state index contributed by atoms with van der Waals surface area (Å²) in [7, 11) is 0. The van der Waals surface area contributed by atoms with Crippen LogP contribution in [-0.4, -0.2) is 46.1 Å². The first-order valence-electron chi connectivity index (χ1n) is 11.2. The van der Waals surface area contributed by atoms with E-state index in [0.717, 1.165) is 23.8 Å². The summed E-state index contributed by atoms with van der Waals surface area (Å²) in [6.07, 6.45) is -7.88. The van der Waals surface area contributed by atoms with Crippen molar-refractivity contribution >= 4 is 23.1 Å². The van der Waals surface area contributed by atoms with E-state index < -0.39 is 36.2 Å². The van der Waals surface area contributed by atoms with Gasteiger partial charge in [0.25, 0.3) is 5.91 Å². The molecule has 206 valence electrons. The van der Waals surface area contributed by atoms with Crippen molar-refractivity contribution in [1.82, 2.24) is 19.7 Å². The van der Waals surface area contributed by atoms with Crippen LogP contribution in [-0.2, 0) is 12.6 Å². The lowest BCUT2D eigenvalue weighted by atomic mass is 10.1. The van der Waals surface area contributed by atoms with Crippen LogP contribution in [0.3, 0.4) is 0 Å². The zero-order valence-electron chi connectivity index (χ0n) is 19.8. The van der Waals surface area contributed by atoms with Crippen molar-refractivity contribution in [2.75, 3.05) is 25.0 Å². The Morgan fingerprint density at radius 1 is 1.08 bits per heavy atom. The summed E-state index contributed by atoms with van der Waals surface area (Å²) < 4.78 is 98.2. The molecule has 2 N–H and O–H groups in total. The topological polar surface area (TPSA) is 89.0 Å². The van der Waals surface area contributed by atoms with Crippen molar-refractivity contribution < 1.29 is 40.3 Å². The second kappa shape index (κ2) is 12.5. The van der Waals surface area contributed by atoms with Crippen LogP contribution in [0.2, 0.25) is 0 Å². The van der Waals surface area contributed by atoms with E-state index in [4.69, 9.17) is 4.74 Å². The van der Waals surface area contributed by atoms with Crippen LogP contribution in [0.15, 0.2) is 30.6 Å². The SMILES string of the molecule is Cc1nsc(Cc2cnc(C(F)(F)F)cn2)c1C(=O)Nc1ccc(F)c(OCCCNCCC(F)(F)F)c1. The first-order valence-corrected chi connectivity index (χ1v) is 12.0. The van der Waals surface area contributed by atoms with Crippen molar-refractivity contribution in [3.8, 4) is 5.75 Å². The number of aryl methyl sites for hydroxylation is 1. The first-order chi connectivity index (χ1) is 17.8. The number of ether oxygens (including phenoxy) is 1. The van der Waals surface area contributed by atoms with Gasteiger partial charge in [-0.3, -0.25) is 9.78 Å². The van der Waals surface area contributed by atoms with Gasteiger partial charge in [0, 0.05) is 35.8 Å². The number of rotatable bonds is 11. The number of hydrogen-bond acceptors (Lipinski definition) is 7. The molecule has 0 aliphatic rings. The lowest BCUT2D eigenvalue weighted by Gasteiger charge is -2.11. The Hall–Kier alpha value is -3.33. The maximum atomic E-state index is 14.1. The van der Waals surface area contributed by atoms with E-state index in [0.29, 0.717) is 23.2 Å². The van der Waals surface area contributed by atoms with Crippen LogP contribution < -0.4 is 15.4 Å². The standard InChI is InChI=1S/C23H22F7N5O2S/c1-13-20(18(38-35-13)10-15-11-33-19(12-32-15)23(28,29)30)21(36)34-14-3-4-16(24)17(9-14)37-8-2-6-31-7-5-22(25,26)27/h3-4,9,11-12,31H,2,5-8,10H2,1H3,(H,34,36). The highest BCUT2D eigenvalue weighted by atomic mass is 32.1. The van der Waals surface area contributed by atoms with Crippen molar-refractivity contribution in [2.45, 2.75) is 38.5 Å². The Labute approximate surface area is 216 Å². The van der Waals surface area contributed by atoms with E-state index in [1.165, 1.54) is 12.1 Å². The molecule has 0 bridgehead atoms. The third-order valence-corrected chi connectivity index (χ3v) is 5.96. The van der Waals surface area contributed by atoms with Gasteiger partial charge < -0.3 is 15.4 Å². The zero-order chi connectivity index (χ0) is 27.9. The Kier molecular flexibility index (Phi) is 9.60. The zero-order valence-corrected chi connectivity index (χ0v) is 20.7. The minimum absolute atomic E-state index is 0.0220. The molecule has 1 aromatic carbocycles. The molecule has 0 saturated carbocycles. The van der Waals surface area contributed by atoms with Crippen molar-refractivity contribution in [2.24, 2.45) is 0 Å². The Bertz CT molecular complexity index is 1230. The van der Waals surface area contributed by atoms with Crippen LogP contribution in [0.1, 0.15) is 45.2 Å². The fourth-order valence-electron chi connectivity index (χ4n) is 3.20. The van der Waals surface area contributed by atoms with Gasteiger partial charge in [0.2, 0.25) is 0 Å². The van der Waals surface area contributed by atoms with Crippen molar-refractivity contribution in [1.29, 1.82) is 0 Å². The predicted molar refractivity (Wildman–Crippen MR) is 125 cm³/mol. The number of nitrogens with one attached hydrogen (secondary N) is 2. The van der Waals surface area contributed by atoms with Gasteiger partial charge in [0.15, 0.2) is 17.3 Å². The average Bonchev–Trinajstić information content (AvgIpc) is 3.19. The van der Waals surface area contributed by atoms with Gasteiger partial charge in [0.05, 0.1) is 36.2 Å². The number of benzene rings is 1. The average molecular weight is 566 g/mol. The van der Waals surface area contributed by atoms with Crippen molar-refractivity contribution in [3.63, 3.8) is 0 Å². The molecule has 3 rings (SSSR count). The van der Waals surface area contributed by atoms with E-state index in [1.807, 2.05) is 0 Å². The third kappa shape index (κ3) is 8.62. The molecular weight excluding hydrogens is 543 g/mol. The number of hydrogen-bond donors (Lipinski definition) is 2. The van der Waals surface area contributed by atoms with Crippen LogP contribution in [0.4, 0.5) is 36.4 Å². The molecule has 0 aliphatic carbocycles. The van der Waals surface area contributed by atoms with E-state index in [1.54, 1.807) is 6.92 Å². The molecule has 0 fully saturated rings. The number of alkyl halides is 6. The largest absolute Gasteiger partial charge is 0.490 e. The van der Waals surface area contributed by atoms with E-state index in [-0.39, 0.29) is 48.8 Å². The van der Waals surface area contributed by atoms with Gasteiger partial charge in [0.1, 0.15) is 0 Å². The lowest BCUT2D eigenvalue weighted by Crippen LogP contribution is -2.23. The first kappa shape index (κ1) is 29.2. The number of aromatic nitrogens is 3. The summed E-state index contributed by atoms with van der Waals surface area (Å²) >= 11 is 0.992. The lowest BCUT2D eigenvalue weighted by molar-refractivity contribution is -0.141. The number of anilines is 1. The highest BCUT2D eigenvalue weighted by Crippen LogP contribution is 2.28. The molecule has 0 spiro atoms. The number of nitrogens with zero attached hydrogens (tertiary/aromatic N) is 3. The maximum absolute atomic E-state index is 14.1. The highest BCUT2D eigenvalue weighted by Gasteiger charge is 2.33. The summed E-state index contributed by atoms with van der Waals surface area (Å²) in [4.78, 5) is 20.6. The second-order valence-corrected chi connectivity index (χ2v) is 8.91. The Morgan fingerprint density at radius 3 is 2.50 bits per heavy atom. The summed E-state index contributed by atoms with van der Waals surface area (Å²) in [5, 5.41) is 5.24. The molecule has 2 aromatic heterocycles. The third-order valence-electron chi connectivity index (χ3n) is 5.03. The molecule has 0 unspecified atom stereocenters. The number of amides is 1. The molecule has 2 heterocycles. The molecule has 0 aliphatic heterocycles. The van der Waals surface area contributed by atoms with Gasteiger partial charge in [-0.25, -0.2) is 9.37 Å². The second-order valence-electron chi connectivity index (χ2n) is 8.05. The van der Waals surface area contributed by atoms with Gasteiger partial charge in [-0.15, -0.1) is 0 Å². The summed E-state index contributed by atoms with van der Waals surface area (Å²) in [6, 6.07) is 3.67. The van der Waals surface area contributed by atoms with E-state index in [9.17, 15) is 35.5 Å². The minimum atomic E-state index is -4.62. The Balaban J connectivity index is 1.59. The summed E-state index contributed by atoms with van der Waals surface area (Å²) in [6.45, 7) is 1.63. The van der Waals surface area contributed by atoms with Crippen LogP contribution >= 0.6 is 11.5 Å². The van der Waals surface area contributed by atoms with E-state index in [2.05, 4.69) is 25.0 Å². The summed E-state index contributed by atoms with van der Waals surface area (Å²) in [5.41, 5.74) is -0.124. The Morgan fingerprint density at radius 2 is 1.84 bits per heavy atom. The number of halogens is 7. The van der Waals surface area contributed by atoms with Gasteiger partial charge in [-0.2, -0.15) is 30.7 Å². The van der Waals surface area contributed by atoms with E-state index >= 15 is 0 Å². The molecular formula is C23H22F7N5O2S. The molecule has 1 amide bonds. The molecule has 0 saturated heterocycles. The maximum Gasteiger partial charge on any atom is 0.434 e. The molecule has 7 nitrogen and oxygen atoms in total. The fraction of sp³-hybridized carbons (Fsp3) is 0.391. The predicted octanol–water partition coefficient (Wildman–Crippen LogP) is 5.55. The fourth-order valence-corrected chi connectivity index (χ4v) is 4.09. The molecule has 0 atom stereocenters. The van der Waals surface area contributed by atoms with Crippen molar-refractivity contribution in [3.05, 3.63) is 63.9 Å². The monoisotopic (exact) mass is 565 g/mol. The quantitative estimate of drug-likeness (QED) is 0.234. The smallest absolute Gasteiger partial charge is 0.434 e. The molecule has 38 heavy (non-hydrogen) atoms. The molecule has 0 radical (unpaired) electrons.